The lowest BCUT2D eigenvalue weighted by molar-refractivity contribution is -0.133. The Morgan fingerprint density at radius 2 is 1.93 bits per heavy atom. The Kier molecular flexibility index (Phi) is 5.82. The summed E-state index contributed by atoms with van der Waals surface area (Å²) in [6.45, 7) is 4.47. The van der Waals surface area contributed by atoms with Gasteiger partial charge in [0.05, 0.1) is 22.8 Å². The number of carbonyl (C=O) groups is 1. The first-order chi connectivity index (χ1) is 13.5. The maximum absolute atomic E-state index is 12.3. The van der Waals surface area contributed by atoms with Crippen LogP contribution in [-0.2, 0) is 16.1 Å². The molecule has 4 nitrogen and oxygen atoms in total. The Balaban J connectivity index is 1.59. The summed E-state index contributed by atoms with van der Waals surface area (Å²) in [5.74, 6) is 1.80. The van der Waals surface area contributed by atoms with Gasteiger partial charge in [-0.15, -0.1) is 0 Å². The standard InChI is InChI=1S/C22H25Cl2NO3/c1-3-13-10-15(9-12(2)21(13)26)27-11-16-20(25-28-22(16)14-7-8-14)19-17(23)5-4-6-18(19)24/h4-6,12-15H,3,7-11H2,1-2H3/t12-,13+,15-/m0/s1. The van der Waals surface area contributed by atoms with Crippen molar-refractivity contribution in [3.05, 3.63) is 39.6 Å². The van der Waals surface area contributed by atoms with Crippen LogP contribution in [-0.4, -0.2) is 17.0 Å². The number of halogens is 2. The highest BCUT2D eigenvalue weighted by Crippen LogP contribution is 2.46. The molecule has 28 heavy (non-hydrogen) atoms. The third-order valence-corrected chi connectivity index (χ3v) is 6.60. The highest BCUT2D eigenvalue weighted by Gasteiger charge is 2.36. The van der Waals surface area contributed by atoms with E-state index in [4.69, 9.17) is 32.5 Å². The fourth-order valence-electron chi connectivity index (χ4n) is 4.20. The van der Waals surface area contributed by atoms with E-state index >= 15 is 0 Å². The molecule has 0 aliphatic heterocycles. The second-order valence-electron chi connectivity index (χ2n) is 8.06. The smallest absolute Gasteiger partial charge is 0.145 e. The van der Waals surface area contributed by atoms with Crippen LogP contribution in [0.1, 0.15) is 63.2 Å². The third-order valence-electron chi connectivity index (χ3n) is 5.97. The molecular weight excluding hydrogens is 397 g/mol. The fraction of sp³-hybridized carbons (Fsp3) is 0.545. The summed E-state index contributed by atoms with van der Waals surface area (Å²) < 4.78 is 12.0. The van der Waals surface area contributed by atoms with Crippen molar-refractivity contribution in [1.29, 1.82) is 0 Å². The molecule has 1 aromatic carbocycles. The van der Waals surface area contributed by atoms with Gasteiger partial charge >= 0.3 is 0 Å². The topological polar surface area (TPSA) is 52.3 Å². The number of benzene rings is 1. The molecular formula is C22H25Cl2NO3. The zero-order chi connectivity index (χ0) is 19.8. The normalized spacial score (nSPS) is 25.3. The van der Waals surface area contributed by atoms with Gasteiger partial charge in [0.15, 0.2) is 0 Å². The van der Waals surface area contributed by atoms with E-state index in [1.807, 2.05) is 13.0 Å². The first kappa shape index (κ1) is 19.9. The van der Waals surface area contributed by atoms with E-state index in [0.717, 1.165) is 43.4 Å². The second kappa shape index (κ2) is 8.17. The summed E-state index contributed by atoms with van der Waals surface area (Å²) in [5.41, 5.74) is 2.30. The van der Waals surface area contributed by atoms with Gasteiger partial charge in [0, 0.05) is 28.9 Å². The molecule has 2 saturated carbocycles. The summed E-state index contributed by atoms with van der Waals surface area (Å²) in [4.78, 5) is 12.3. The minimum absolute atomic E-state index is 0.0477. The molecule has 2 aliphatic carbocycles. The van der Waals surface area contributed by atoms with Gasteiger partial charge in [-0.05, 0) is 44.2 Å². The molecule has 4 rings (SSSR count). The Morgan fingerprint density at radius 1 is 1.21 bits per heavy atom. The quantitative estimate of drug-likeness (QED) is 0.538. The molecule has 0 N–H and O–H groups in total. The molecule has 0 amide bonds. The van der Waals surface area contributed by atoms with Crippen molar-refractivity contribution in [2.24, 2.45) is 11.8 Å². The molecule has 2 aromatic rings. The van der Waals surface area contributed by atoms with Crippen LogP contribution < -0.4 is 0 Å². The van der Waals surface area contributed by atoms with Crippen LogP contribution in [0.25, 0.3) is 11.3 Å². The SMILES string of the molecule is CC[C@@H]1C[C@@H](OCc2c(-c3c(Cl)cccc3Cl)noc2C2CC2)C[C@H](C)C1=O. The van der Waals surface area contributed by atoms with Crippen molar-refractivity contribution in [2.75, 3.05) is 0 Å². The molecule has 2 fully saturated rings. The number of hydrogen-bond donors (Lipinski definition) is 0. The van der Waals surface area contributed by atoms with E-state index in [1.54, 1.807) is 12.1 Å². The molecule has 150 valence electrons. The summed E-state index contributed by atoms with van der Waals surface area (Å²) in [5, 5.41) is 5.41. The Labute approximate surface area is 175 Å². The van der Waals surface area contributed by atoms with Crippen molar-refractivity contribution < 1.29 is 14.1 Å². The molecule has 0 spiro atoms. The molecule has 1 heterocycles. The Morgan fingerprint density at radius 3 is 2.57 bits per heavy atom. The molecule has 2 aliphatic rings. The Hall–Kier alpha value is -1.36. The van der Waals surface area contributed by atoms with Gasteiger partial charge in [-0.2, -0.15) is 0 Å². The number of hydrogen-bond acceptors (Lipinski definition) is 4. The maximum Gasteiger partial charge on any atom is 0.145 e. The van der Waals surface area contributed by atoms with Crippen molar-refractivity contribution in [2.45, 2.75) is 64.6 Å². The fourth-order valence-corrected chi connectivity index (χ4v) is 4.77. The van der Waals surface area contributed by atoms with Gasteiger partial charge in [-0.3, -0.25) is 4.79 Å². The predicted molar refractivity (Wildman–Crippen MR) is 110 cm³/mol. The predicted octanol–water partition coefficient (Wildman–Crippen LogP) is 6.44. The zero-order valence-corrected chi connectivity index (χ0v) is 17.7. The summed E-state index contributed by atoms with van der Waals surface area (Å²) in [6, 6.07) is 5.43. The lowest BCUT2D eigenvalue weighted by Crippen LogP contribution is -2.35. The van der Waals surface area contributed by atoms with E-state index < -0.39 is 0 Å². The largest absolute Gasteiger partial charge is 0.373 e. The average Bonchev–Trinajstić information content (AvgIpc) is 3.43. The van der Waals surface area contributed by atoms with Crippen molar-refractivity contribution in [3.8, 4) is 11.3 Å². The number of Topliss-reactive ketones (excluding diaryl/α,β-unsaturated/α-hetero) is 1. The van der Waals surface area contributed by atoms with Crippen molar-refractivity contribution in [3.63, 3.8) is 0 Å². The van der Waals surface area contributed by atoms with E-state index in [9.17, 15) is 4.79 Å². The third kappa shape index (κ3) is 3.87. The van der Waals surface area contributed by atoms with Crippen LogP contribution in [0.3, 0.4) is 0 Å². The highest BCUT2D eigenvalue weighted by atomic mass is 35.5. The van der Waals surface area contributed by atoms with Gasteiger partial charge in [0.25, 0.3) is 0 Å². The highest BCUT2D eigenvalue weighted by molar-refractivity contribution is 6.39. The molecule has 0 bridgehead atoms. The first-order valence-corrected chi connectivity index (χ1v) is 10.8. The number of rotatable bonds is 6. The van der Waals surface area contributed by atoms with Crippen LogP contribution >= 0.6 is 23.2 Å². The number of carbonyl (C=O) groups excluding carboxylic acids is 1. The van der Waals surface area contributed by atoms with Crippen molar-refractivity contribution in [1.82, 2.24) is 5.16 Å². The molecule has 0 unspecified atom stereocenters. The summed E-state index contributed by atoms with van der Waals surface area (Å²) >= 11 is 12.8. The second-order valence-corrected chi connectivity index (χ2v) is 8.87. The Bertz CT molecular complexity index is 854. The van der Waals surface area contributed by atoms with Gasteiger partial charge in [0.2, 0.25) is 0 Å². The minimum atomic E-state index is 0.0477. The molecule has 3 atom stereocenters. The summed E-state index contributed by atoms with van der Waals surface area (Å²) in [6.07, 6.45) is 4.68. The molecule has 6 heteroatoms. The lowest BCUT2D eigenvalue weighted by atomic mass is 9.78. The van der Waals surface area contributed by atoms with Crippen LogP contribution in [0, 0.1) is 11.8 Å². The van der Waals surface area contributed by atoms with Crippen molar-refractivity contribution >= 4 is 29.0 Å². The zero-order valence-electron chi connectivity index (χ0n) is 16.2. The van der Waals surface area contributed by atoms with E-state index in [0.29, 0.717) is 39.6 Å². The summed E-state index contributed by atoms with van der Waals surface area (Å²) in [7, 11) is 0. The lowest BCUT2D eigenvalue weighted by Gasteiger charge is -2.31. The monoisotopic (exact) mass is 421 g/mol. The number of nitrogens with zero attached hydrogens (tertiary/aromatic N) is 1. The van der Waals surface area contributed by atoms with E-state index in [-0.39, 0.29) is 17.9 Å². The average molecular weight is 422 g/mol. The van der Waals surface area contributed by atoms with E-state index in [1.165, 1.54) is 0 Å². The van der Waals surface area contributed by atoms with Crippen LogP contribution in [0.5, 0.6) is 0 Å². The molecule has 0 saturated heterocycles. The van der Waals surface area contributed by atoms with Crippen LogP contribution in [0.4, 0.5) is 0 Å². The van der Waals surface area contributed by atoms with Gasteiger partial charge < -0.3 is 9.26 Å². The van der Waals surface area contributed by atoms with Crippen LogP contribution in [0.15, 0.2) is 22.7 Å². The molecule has 1 aromatic heterocycles. The number of ether oxygens (including phenoxy) is 1. The van der Waals surface area contributed by atoms with Crippen LogP contribution in [0.2, 0.25) is 10.0 Å². The van der Waals surface area contributed by atoms with E-state index in [2.05, 4.69) is 12.1 Å². The number of aromatic nitrogens is 1. The maximum atomic E-state index is 12.3. The van der Waals surface area contributed by atoms with Gasteiger partial charge in [-0.1, -0.05) is 48.3 Å². The van der Waals surface area contributed by atoms with Gasteiger partial charge in [0.1, 0.15) is 17.2 Å². The molecule has 0 radical (unpaired) electrons. The minimum Gasteiger partial charge on any atom is -0.373 e. The first-order valence-electron chi connectivity index (χ1n) is 10.1. The number of ketones is 1. The van der Waals surface area contributed by atoms with Gasteiger partial charge in [-0.25, -0.2) is 0 Å².